The first-order valence-corrected chi connectivity index (χ1v) is 7.32. The molecule has 0 fully saturated rings. The van der Waals surface area contributed by atoms with E-state index in [9.17, 15) is 4.21 Å². The summed E-state index contributed by atoms with van der Waals surface area (Å²) in [5.74, 6) is 0. The van der Waals surface area contributed by atoms with Gasteiger partial charge in [0.1, 0.15) is 5.03 Å². The maximum absolute atomic E-state index is 11.9. The van der Waals surface area contributed by atoms with Crippen molar-refractivity contribution in [2.24, 2.45) is 0 Å². The van der Waals surface area contributed by atoms with Gasteiger partial charge in [0.15, 0.2) is 0 Å². The van der Waals surface area contributed by atoms with E-state index in [1.165, 1.54) is 6.26 Å². The van der Waals surface area contributed by atoms with Crippen LogP contribution in [-0.4, -0.2) is 15.4 Å². The molecular weight excluding hydrogens is 234 g/mol. The zero-order chi connectivity index (χ0) is 12.6. The summed E-state index contributed by atoms with van der Waals surface area (Å²) in [7, 11) is -2.85. The van der Waals surface area contributed by atoms with Crippen molar-refractivity contribution in [2.75, 3.05) is 12.0 Å². The Kier molecular flexibility index (Phi) is 2.79. The van der Waals surface area contributed by atoms with Crippen molar-refractivity contribution in [2.45, 2.75) is 18.4 Å². The second-order valence-corrected chi connectivity index (χ2v) is 6.10. The molecule has 0 radical (unpaired) electrons. The fourth-order valence-electron chi connectivity index (χ4n) is 1.92. The Balaban J connectivity index is 2.95. The van der Waals surface area contributed by atoms with Crippen molar-refractivity contribution in [1.29, 1.82) is 4.78 Å². The molecule has 1 aromatic heterocycles. The molecule has 3 N–H and O–H groups in total. The van der Waals surface area contributed by atoms with Gasteiger partial charge in [-0.25, -0.2) is 14.0 Å². The molecule has 1 aromatic carbocycles. The van der Waals surface area contributed by atoms with Crippen molar-refractivity contribution in [3.05, 3.63) is 29.8 Å². The molecule has 0 aliphatic carbocycles. The van der Waals surface area contributed by atoms with Gasteiger partial charge in [0.25, 0.3) is 0 Å². The highest BCUT2D eigenvalue weighted by atomic mass is 32.2. The lowest BCUT2D eigenvalue weighted by Gasteiger charge is -2.12. The molecule has 1 unspecified atom stereocenters. The summed E-state index contributed by atoms with van der Waals surface area (Å²) in [6.07, 6.45) is 2.01. The number of nitrogen functional groups attached to an aromatic ring is 1. The lowest BCUT2D eigenvalue weighted by molar-refractivity contribution is 0.675. The van der Waals surface area contributed by atoms with E-state index in [4.69, 9.17) is 10.5 Å². The third-order valence-electron chi connectivity index (χ3n) is 2.72. The predicted molar refractivity (Wildman–Crippen MR) is 70.6 cm³/mol. The Morgan fingerprint density at radius 3 is 2.65 bits per heavy atom. The molecule has 0 saturated heterocycles. The summed E-state index contributed by atoms with van der Waals surface area (Å²) in [6, 6.07) is 7.46. The van der Waals surface area contributed by atoms with Crippen LogP contribution in [0.25, 0.3) is 10.9 Å². The third-order valence-corrected chi connectivity index (χ3v) is 3.80. The molecule has 0 amide bonds. The standard InChI is InChI=1S/C12H15N3OS/c1-3-8-11(13)9-6-4-5-7-10(9)15-12(8)17(2,14)16/h4-7,14H,3H2,1-2H3,(H2,13,15). The summed E-state index contributed by atoms with van der Waals surface area (Å²) < 4.78 is 19.6. The SMILES string of the molecule is CCc1c(S(C)(=N)=O)nc2ccccc2c1N. The van der Waals surface area contributed by atoms with Crippen LogP contribution in [0, 0.1) is 4.78 Å². The van der Waals surface area contributed by atoms with Crippen molar-refractivity contribution in [1.82, 2.24) is 4.98 Å². The minimum absolute atomic E-state index is 0.316. The second kappa shape index (κ2) is 4.00. The number of para-hydroxylation sites is 1. The van der Waals surface area contributed by atoms with E-state index in [1.807, 2.05) is 31.2 Å². The molecule has 1 heterocycles. The Hall–Kier alpha value is -1.62. The van der Waals surface area contributed by atoms with Crippen LogP contribution in [0.15, 0.2) is 29.3 Å². The van der Waals surface area contributed by atoms with Crippen LogP contribution in [0.4, 0.5) is 5.69 Å². The number of nitrogens with one attached hydrogen (secondary N) is 1. The van der Waals surface area contributed by atoms with E-state index in [1.54, 1.807) is 0 Å². The quantitative estimate of drug-likeness (QED) is 0.857. The van der Waals surface area contributed by atoms with Crippen LogP contribution in [-0.2, 0) is 16.1 Å². The summed E-state index contributed by atoms with van der Waals surface area (Å²) in [4.78, 5) is 4.34. The van der Waals surface area contributed by atoms with E-state index >= 15 is 0 Å². The Bertz CT molecular complexity index is 677. The summed E-state index contributed by atoms with van der Waals surface area (Å²) >= 11 is 0. The van der Waals surface area contributed by atoms with Crippen molar-refractivity contribution in [3.63, 3.8) is 0 Å². The molecule has 0 saturated carbocycles. The maximum atomic E-state index is 11.9. The number of hydrogen-bond donors (Lipinski definition) is 2. The van der Waals surface area contributed by atoms with Gasteiger partial charge in [-0.1, -0.05) is 25.1 Å². The van der Waals surface area contributed by atoms with E-state index in [2.05, 4.69) is 4.98 Å². The highest BCUT2D eigenvalue weighted by molar-refractivity contribution is 7.91. The lowest BCUT2D eigenvalue weighted by atomic mass is 10.1. The van der Waals surface area contributed by atoms with Crippen molar-refractivity contribution >= 4 is 26.3 Å². The highest BCUT2D eigenvalue weighted by Crippen LogP contribution is 2.28. The van der Waals surface area contributed by atoms with Gasteiger partial charge in [-0.05, 0) is 12.5 Å². The topological polar surface area (TPSA) is 79.8 Å². The number of aromatic nitrogens is 1. The van der Waals surface area contributed by atoms with Gasteiger partial charge in [0.2, 0.25) is 0 Å². The fourth-order valence-corrected chi connectivity index (χ4v) is 2.91. The molecule has 1 atom stereocenters. The van der Waals surface area contributed by atoms with Gasteiger partial charge >= 0.3 is 0 Å². The molecule has 5 heteroatoms. The Labute approximate surface area is 101 Å². The van der Waals surface area contributed by atoms with Gasteiger partial charge in [-0.15, -0.1) is 0 Å². The third kappa shape index (κ3) is 1.98. The van der Waals surface area contributed by atoms with Gasteiger partial charge in [-0.3, -0.25) is 0 Å². The molecule has 17 heavy (non-hydrogen) atoms. The Morgan fingerprint density at radius 2 is 2.06 bits per heavy atom. The van der Waals surface area contributed by atoms with Gasteiger partial charge < -0.3 is 5.73 Å². The van der Waals surface area contributed by atoms with Crippen LogP contribution in [0.1, 0.15) is 12.5 Å². The van der Waals surface area contributed by atoms with Crippen LogP contribution < -0.4 is 5.73 Å². The number of nitrogens with zero attached hydrogens (tertiary/aromatic N) is 1. The van der Waals surface area contributed by atoms with E-state index in [-0.39, 0.29) is 0 Å². The van der Waals surface area contributed by atoms with E-state index < -0.39 is 9.73 Å². The minimum atomic E-state index is -2.85. The zero-order valence-corrected chi connectivity index (χ0v) is 10.7. The molecule has 90 valence electrons. The fraction of sp³-hybridized carbons (Fsp3) is 0.250. The van der Waals surface area contributed by atoms with Crippen LogP contribution >= 0.6 is 0 Å². The molecule has 2 aromatic rings. The lowest BCUT2D eigenvalue weighted by Crippen LogP contribution is -2.07. The zero-order valence-electron chi connectivity index (χ0n) is 9.86. The Morgan fingerprint density at radius 1 is 1.41 bits per heavy atom. The summed E-state index contributed by atoms with van der Waals surface area (Å²) in [6.45, 7) is 1.93. The average Bonchev–Trinajstić information content (AvgIpc) is 2.28. The summed E-state index contributed by atoms with van der Waals surface area (Å²) in [5.41, 5.74) is 8.09. The minimum Gasteiger partial charge on any atom is -0.398 e. The molecule has 0 bridgehead atoms. The van der Waals surface area contributed by atoms with Crippen LogP contribution in [0.2, 0.25) is 0 Å². The maximum Gasteiger partial charge on any atom is 0.141 e. The number of pyridine rings is 1. The van der Waals surface area contributed by atoms with Gasteiger partial charge in [-0.2, -0.15) is 0 Å². The first-order valence-electron chi connectivity index (χ1n) is 5.36. The molecule has 2 rings (SSSR count). The van der Waals surface area contributed by atoms with Crippen LogP contribution in [0.5, 0.6) is 0 Å². The van der Waals surface area contributed by atoms with E-state index in [0.717, 1.165) is 10.9 Å². The van der Waals surface area contributed by atoms with Gasteiger partial charge in [0, 0.05) is 22.9 Å². The number of benzene rings is 1. The largest absolute Gasteiger partial charge is 0.398 e. The molecule has 4 nitrogen and oxygen atoms in total. The number of nitrogens with two attached hydrogens (primary N) is 1. The number of anilines is 1. The number of fused-ring (bicyclic) bond motifs is 1. The van der Waals surface area contributed by atoms with Gasteiger partial charge in [0.05, 0.1) is 15.2 Å². The van der Waals surface area contributed by atoms with Crippen LogP contribution in [0.3, 0.4) is 0 Å². The smallest absolute Gasteiger partial charge is 0.141 e. The van der Waals surface area contributed by atoms with E-state index in [0.29, 0.717) is 22.7 Å². The predicted octanol–water partition coefficient (Wildman–Crippen LogP) is 2.41. The van der Waals surface area contributed by atoms with Crippen molar-refractivity contribution in [3.8, 4) is 0 Å². The normalized spacial score (nSPS) is 14.7. The molecule has 0 aliphatic rings. The first-order chi connectivity index (χ1) is 7.95. The number of rotatable bonds is 2. The summed E-state index contributed by atoms with van der Waals surface area (Å²) in [5, 5.41) is 1.17. The van der Waals surface area contributed by atoms with Crippen molar-refractivity contribution < 1.29 is 4.21 Å². The average molecular weight is 249 g/mol. The highest BCUT2D eigenvalue weighted by Gasteiger charge is 2.16. The molecular formula is C12H15N3OS. The molecule has 0 spiro atoms. The first kappa shape index (κ1) is 11.9. The second-order valence-electron chi connectivity index (χ2n) is 4.02. The molecule has 0 aliphatic heterocycles. The monoisotopic (exact) mass is 249 g/mol. The number of hydrogen-bond acceptors (Lipinski definition) is 4.